The van der Waals surface area contributed by atoms with Crippen LogP contribution in [-0.2, 0) is 14.1 Å². The van der Waals surface area contributed by atoms with Crippen LogP contribution in [0.5, 0.6) is 5.75 Å². The van der Waals surface area contributed by atoms with E-state index in [1.807, 2.05) is 0 Å². The highest BCUT2D eigenvalue weighted by molar-refractivity contribution is 6.31. The largest absolute Gasteiger partial charge is 0.501 e. The van der Waals surface area contributed by atoms with Crippen molar-refractivity contribution in [2.24, 2.45) is 14.1 Å². The first-order valence-corrected chi connectivity index (χ1v) is 10.5. The molecular weight excluding hydrogens is 467 g/mol. The monoisotopic (exact) mass is 486 g/mol. The zero-order valence-corrected chi connectivity index (χ0v) is 19.1. The molecule has 2 atom stereocenters. The summed E-state index contributed by atoms with van der Waals surface area (Å²) < 4.78 is 21.6. The van der Waals surface area contributed by atoms with Crippen molar-refractivity contribution in [1.82, 2.24) is 24.5 Å². The minimum absolute atomic E-state index is 0.174. The van der Waals surface area contributed by atoms with Crippen LogP contribution < -0.4 is 10.9 Å². The van der Waals surface area contributed by atoms with Crippen molar-refractivity contribution < 1.29 is 18.8 Å². The standard InChI is InChI=1S/C22H20ClFN6O4/c1-11(17(12-7-25-29(2)9-12)15-6-13(24)4-5-16(15)23)20-28-18(19(31)22(33)30(20)3)21(32)27-14-8-26-34-10-14/h4-11,17,31H,1-3H3,(H,27,32)/t11-,17+/m1/s1. The molecule has 0 aliphatic heterocycles. The fourth-order valence-electron chi connectivity index (χ4n) is 3.87. The van der Waals surface area contributed by atoms with Crippen molar-refractivity contribution in [3.63, 3.8) is 0 Å². The van der Waals surface area contributed by atoms with Gasteiger partial charge in [0.15, 0.2) is 5.69 Å². The van der Waals surface area contributed by atoms with Gasteiger partial charge in [-0.3, -0.25) is 18.8 Å². The number of aryl methyl sites for hydroxylation is 1. The summed E-state index contributed by atoms with van der Waals surface area (Å²) in [6, 6.07) is 4.01. The van der Waals surface area contributed by atoms with E-state index >= 15 is 0 Å². The van der Waals surface area contributed by atoms with Crippen LogP contribution in [-0.4, -0.2) is 35.5 Å². The average molecular weight is 487 g/mol. The second-order valence-electron chi connectivity index (χ2n) is 7.78. The summed E-state index contributed by atoms with van der Waals surface area (Å²) in [4.78, 5) is 29.9. The van der Waals surface area contributed by atoms with E-state index in [1.165, 1.54) is 37.7 Å². The quantitative estimate of drug-likeness (QED) is 0.428. The van der Waals surface area contributed by atoms with Gasteiger partial charge in [0.25, 0.3) is 11.5 Å². The molecular formula is C22H20ClFN6O4. The third kappa shape index (κ3) is 4.29. The Morgan fingerprint density at radius 3 is 2.71 bits per heavy atom. The van der Waals surface area contributed by atoms with Gasteiger partial charge in [0.2, 0.25) is 5.75 Å². The Bertz CT molecular complexity index is 1420. The minimum Gasteiger partial charge on any atom is -0.501 e. The van der Waals surface area contributed by atoms with Crippen LogP contribution in [0.3, 0.4) is 0 Å². The molecule has 0 aliphatic carbocycles. The summed E-state index contributed by atoms with van der Waals surface area (Å²) in [6.45, 7) is 1.76. The van der Waals surface area contributed by atoms with Crippen LogP contribution in [0.25, 0.3) is 0 Å². The van der Waals surface area contributed by atoms with Crippen molar-refractivity contribution in [3.8, 4) is 5.75 Å². The molecule has 0 spiro atoms. The molecule has 10 nitrogen and oxygen atoms in total. The molecule has 0 radical (unpaired) electrons. The number of aromatic hydroxyl groups is 1. The lowest BCUT2D eigenvalue weighted by molar-refractivity contribution is 0.101. The lowest BCUT2D eigenvalue weighted by Gasteiger charge is -2.26. The first-order valence-electron chi connectivity index (χ1n) is 10.1. The van der Waals surface area contributed by atoms with Crippen molar-refractivity contribution >= 4 is 23.2 Å². The smallest absolute Gasteiger partial charge is 0.296 e. The van der Waals surface area contributed by atoms with Crippen molar-refractivity contribution in [3.05, 3.63) is 86.9 Å². The Morgan fingerprint density at radius 2 is 2.06 bits per heavy atom. The number of hydrogen-bond acceptors (Lipinski definition) is 7. The zero-order valence-electron chi connectivity index (χ0n) is 18.4. The number of rotatable bonds is 6. The normalized spacial score (nSPS) is 13.0. The Kier molecular flexibility index (Phi) is 6.20. The number of nitrogens with one attached hydrogen (secondary N) is 1. The van der Waals surface area contributed by atoms with Crippen LogP contribution in [0, 0.1) is 5.82 Å². The number of hydrogen-bond donors (Lipinski definition) is 2. The highest BCUT2D eigenvalue weighted by atomic mass is 35.5. The van der Waals surface area contributed by atoms with Crippen LogP contribution in [0.1, 0.15) is 46.2 Å². The Balaban J connectivity index is 1.85. The molecule has 0 unspecified atom stereocenters. The zero-order chi connectivity index (χ0) is 24.6. The average Bonchev–Trinajstić information content (AvgIpc) is 3.46. The van der Waals surface area contributed by atoms with Gasteiger partial charge in [0.05, 0.1) is 12.4 Å². The number of nitrogens with zero attached hydrogens (tertiary/aromatic N) is 5. The Labute approximate surface area is 197 Å². The summed E-state index contributed by atoms with van der Waals surface area (Å²) >= 11 is 6.43. The van der Waals surface area contributed by atoms with E-state index < -0.39 is 40.6 Å². The van der Waals surface area contributed by atoms with Gasteiger partial charge < -0.3 is 14.9 Å². The Morgan fingerprint density at radius 1 is 1.29 bits per heavy atom. The maximum Gasteiger partial charge on any atom is 0.296 e. The molecule has 1 amide bonds. The molecule has 1 aromatic carbocycles. The third-order valence-corrected chi connectivity index (χ3v) is 5.84. The predicted octanol–water partition coefficient (Wildman–Crippen LogP) is 3.19. The van der Waals surface area contributed by atoms with Gasteiger partial charge in [-0.25, -0.2) is 9.37 Å². The number of carbonyl (C=O) groups is 1. The number of anilines is 1. The van der Waals surface area contributed by atoms with Gasteiger partial charge in [0.1, 0.15) is 23.6 Å². The lowest BCUT2D eigenvalue weighted by Crippen LogP contribution is -2.29. The number of aromatic nitrogens is 5. The fraction of sp³-hybridized carbons (Fsp3) is 0.227. The second-order valence-corrected chi connectivity index (χ2v) is 8.19. The number of amides is 1. The summed E-state index contributed by atoms with van der Waals surface area (Å²) in [7, 11) is 3.16. The highest BCUT2D eigenvalue weighted by Crippen LogP contribution is 2.40. The molecule has 34 heavy (non-hydrogen) atoms. The molecule has 0 saturated heterocycles. The van der Waals surface area contributed by atoms with Crippen molar-refractivity contribution in [2.75, 3.05) is 5.32 Å². The predicted molar refractivity (Wildman–Crippen MR) is 120 cm³/mol. The van der Waals surface area contributed by atoms with Gasteiger partial charge in [0, 0.05) is 37.2 Å². The fourth-order valence-corrected chi connectivity index (χ4v) is 4.10. The van der Waals surface area contributed by atoms with Crippen molar-refractivity contribution in [2.45, 2.75) is 18.8 Å². The maximum atomic E-state index is 14.2. The molecule has 3 aromatic heterocycles. The molecule has 176 valence electrons. The number of benzene rings is 1. The summed E-state index contributed by atoms with van der Waals surface area (Å²) in [5, 5.41) is 20.8. The molecule has 3 heterocycles. The number of carbonyl (C=O) groups excluding carboxylic acids is 1. The molecule has 0 saturated carbocycles. The van der Waals surface area contributed by atoms with Gasteiger partial charge in [-0.2, -0.15) is 5.10 Å². The van der Waals surface area contributed by atoms with E-state index in [1.54, 1.807) is 31.0 Å². The third-order valence-electron chi connectivity index (χ3n) is 5.49. The Hall–Kier alpha value is -3.99. The second kappa shape index (κ2) is 9.10. The lowest BCUT2D eigenvalue weighted by atomic mass is 9.82. The van der Waals surface area contributed by atoms with Crippen molar-refractivity contribution in [1.29, 1.82) is 0 Å². The molecule has 4 aromatic rings. The van der Waals surface area contributed by atoms with Gasteiger partial charge in [-0.05, 0) is 29.3 Å². The summed E-state index contributed by atoms with van der Waals surface area (Å²) in [5.41, 5.74) is 0.0885. The van der Waals surface area contributed by atoms with Gasteiger partial charge >= 0.3 is 0 Å². The van der Waals surface area contributed by atoms with Crippen LogP contribution in [0.15, 0.2) is 52.4 Å². The van der Waals surface area contributed by atoms with E-state index in [-0.39, 0.29) is 11.5 Å². The first kappa shape index (κ1) is 23.2. The first-order chi connectivity index (χ1) is 16.2. The van der Waals surface area contributed by atoms with Crippen LogP contribution >= 0.6 is 11.6 Å². The van der Waals surface area contributed by atoms with E-state index in [4.69, 9.17) is 11.6 Å². The summed E-state index contributed by atoms with van der Waals surface area (Å²) in [5.74, 6) is -3.12. The van der Waals surface area contributed by atoms with Crippen LogP contribution in [0.4, 0.5) is 10.1 Å². The SMILES string of the molecule is C[C@@H](c1nc(C(=O)Nc2cnoc2)c(O)c(=O)n1C)[C@@H](c1cnn(C)c1)c1cc(F)ccc1Cl. The van der Waals surface area contributed by atoms with E-state index in [0.717, 1.165) is 4.57 Å². The molecule has 0 aliphatic rings. The van der Waals surface area contributed by atoms with Gasteiger partial charge in [-0.1, -0.05) is 23.7 Å². The molecule has 2 N–H and O–H groups in total. The molecule has 0 fully saturated rings. The van der Waals surface area contributed by atoms with Crippen LogP contribution in [0.2, 0.25) is 5.02 Å². The number of halogens is 2. The topological polar surface area (TPSA) is 128 Å². The van der Waals surface area contributed by atoms with Gasteiger partial charge in [-0.15, -0.1) is 0 Å². The van der Waals surface area contributed by atoms with E-state index in [2.05, 4.69) is 25.1 Å². The maximum absolute atomic E-state index is 14.2. The molecule has 4 rings (SSSR count). The molecule has 0 bridgehead atoms. The van der Waals surface area contributed by atoms with E-state index in [9.17, 15) is 19.1 Å². The highest BCUT2D eigenvalue weighted by Gasteiger charge is 2.31. The minimum atomic E-state index is -0.825. The molecule has 12 heteroatoms. The summed E-state index contributed by atoms with van der Waals surface area (Å²) in [6.07, 6.45) is 5.80. The van der Waals surface area contributed by atoms with E-state index in [0.29, 0.717) is 16.1 Å².